The minimum atomic E-state index is -3.41. The molecule has 0 saturated carbocycles. The van der Waals surface area contributed by atoms with Gasteiger partial charge in [0.15, 0.2) is 0 Å². The molecule has 1 aliphatic rings. The van der Waals surface area contributed by atoms with Crippen LogP contribution in [0.25, 0.3) is 0 Å². The third-order valence-corrected chi connectivity index (χ3v) is 4.67. The number of nitrogens with one attached hydrogen (secondary N) is 2. The Bertz CT molecular complexity index is 752. The van der Waals surface area contributed by atoms with Gasteiger partial charge in [-0.1, -0.05) is 17.7 Å². The number of hydrogen-bond acceptors (Lipinski definition) is 4. The van der Waals surface area contributed by atoms with E-state index in [2.05, 4.69) is 10.0 Å². The van der Waals surface area contributed by atoms with Crippen LogP contribution in [0.15, 0.2) is 18.2 Å². The number of aryl methyl sites for hydroxylation is 2. The number of nitrogens with zero attached hydrogens (tertiary/aromatic N) is 1. The summed E-state index contributed by atoms with van der Waals surface area (Å²) in [7, 11) is -3.41. The van der Waals surface area contributed by atoms with Crippen molar-refractivity contribution in [3.8, 4) is 0 Å². The average Bonchev–Trinajstić information content (AvgIpc) is 2.81. The Morgan fingerprint density at radius 2 is 2.00 bits per heavy atom. The van der Waals surface area contributed by atoms with Crippen molar-refractivity contribution < 1.29 is 18.0 Å². The molecule has 2 N–H and O–H groups in total. The van der Waals surface area contributed by atoms with Gasteiger partial charge in [-0.05, 0) is 31.9 Å². The van der Waals surface area contributed by atoms with Crippen LogP contribution >= 0.6 is 12.4 Å². The van der Waals surface area contributed by atoms with Crippen molar-refractivity contribution in [2.75, 3.05) is 25.9 Å². The van der Waals surface area contributed by atoms with Crippen molar-refractivity contribution in [2.45, 2.75) is 26.3 Å². The zero-order chi connectivity index (χ0) is 17.9. The Morgan fingerprint density at radius 3 is 2.64 bits per heavy atom. The molecule has 0 bridgehead atoms. The molecule has 0 spiro atoms. The Labute approximate surface area is 154 Å². The molecule has 1 saturated heterocycles. The van der Waals surface area contributed by atoms with Crippen LogP contribution in [-0.4, -0.2) is 57.1 Å². The molecule has 1 atom stereocenters. The number of carbonyl (C=O) groups is 2. The number of halogens is 1. The van der Waals surface area contributed by atoms with Crippen LogP contribution in [0.1, 0.15) is 27.9 Å². The highest BCUT2D eigenvalue weighted by atomic mass is 35.5. The third-order valence-electron chi connectivity index (χ3n) is 3.96. The van der Waals surface area contributed by atoms with Gasteiger partial charge in [0, 0.05) is 25.2 Å². The van der Waals surface area contributed by atoms with Gasteiger partial charge >= 0.3 is 0 Å². The van der Waals surface area contributed by atoms with E-state index in [9.17, 15) is 18.0 Å². The predicted octanol–water partition coefficient (Wildman–Crippen LogP) is 0.605. The zero-order valence-corrected chi connectivity index (χ0v) is 16.2. The monoisotopic (exact) mass is 389 g/mol. The van der Waals surface area contributed by atoms with Gasteiger partial charge in [0.05, 0.1) is 6.26 Å². The fourth-order valence-electron chi connectivity index (χ4n) is 2.71. The maximum atomic E-state index is 12.2. The summed E-state index contributed by atoms with van der Waals surface area (Å²) in [6, 6.07) is 4.98. The van der Waals surface area contributed by atoms with Gasteiger partial charge < -0.3 is 10.2 Å². The van der Waals surface area contributed by atoms with E-state index in [1.165, 1.54) is 0 Å². The van der Waals surface area contributed by atoms with Gasteiger partial charge in [-0.2, -0.15) is 0 Å². The first-order valence-corrected chi connectivity index (χ1v) is 9.68. The van der Waals surface area contributed by atoms with Gasteiger partial charge in [0.2, 0.25) is 15.9 Å². The Hall–Kier alpha value is -1.64. The smallest absolute Gasteiger partial charge is 0.251 e. The van der Waals surface area contributed by atoms with E-state index in [1.54, 1.807) is 4.90 Å². The van der Waals surface area contributed by atoms with Crippen molar-refractivity contribution in [3.05, 3.63) is 34.9 Å². The molecule has 25 heavy (non-hydrogen) atoms. The lowest BCUT2D eigenvalue weighted by atomic mass is 10.1. The highest BCUT2D eigenvalue weighted by molar-refractivity contribution is 7.88. The van der Waals surface area contributed by atoms with E-state index in [-0.39, 0.29) is 24.2 Å². The molecule has 0 aromatic heterocycles. The Balaban J connectivity index is 0.00000312. The lowest BCUT2D eigenvalue weighted by Gasteiger charge is -2.17. The van der Waals surface area contributed by atoms with E-state index < -0.39 is 16.1 Å². The lowest BCUT2D eigenvalue weighted by Crippen LogP contribution is -2.43. The SMILES string of the molecule is Cc1ccc(C)c(C(=O)NCCN2CCC(NS(C)(=O)=O)C2=O)c1.Cl. The maximum absolute atomic E-state index is 12.2. The fraction of sp³-hybridized carbons (Fsp3) is 0.500. The molecule has 1 fully saturated rings. The summed E-state index contributed by atoms with van der Waals surface area (Å²) >= 11 is 0. The lowest BCUT2D eigenvalue weighted by molar-refractivity contribution is -0.129. The molecule has 1 aromatic rings. The molecule has 1 aliphatic heterocycles. The second-order valence-electron chi connectivity index (χ2n) is 6.13. The first kappa shape index (κ1) is 21.4. The quantitative estimate of drug-likeness (QED) is 0.744. The summed E-state index contributed by atoms with van der Waals surface area (Å²) in [4.78, 5) is 25.9. The zero-order valence-electron chi connectivity index (χ0n) is 14.5. The molecule has 0 radical (unpaired) electrons. The largest absolute Gasteiger partial charge is 0.350 e. The molecule has 1 heterocycles. The summed E-state index contributed by atoms with van der Waals surface area (Å²) in [5, 5.41) is 2.81. The topological polar surface area (TPSA) is 95.6 Å². The number of benzene rings is 1. The van der Waals surface area contributed by atoms with E-state index >= 15 is 0 Å². The maximum Gasteiger partial charge on any atom is 0.251 e. The molecular formula is C16H24ClN3O4S. The van der Waals surface area contributed by atoms with Gasteiger partial charge in [-0.25, -0.2) is 13.1 Å². The average molecular weight is 390 g/mol. The van der Waals surface area contributed by atoms with E-state index in [4.69, 9.17) is 0 Å². The molecule has 1 aromatic carbocycles. The number of likely N-dealkylation sites (tertiary alicyclic amines) is 1. The van der Waals surface area contributed by atoms with Crippen molar-refractivity contribution in [1.82, 2.24) is 14.9 Å². The number of sulfonamides is 1. The molecule has 9 heteroatoms. The van der Waals surface area contributed by atoms with Crippen molar-refractivity contribution in [2.24, 2.45) is 0 Å². The van der Waals surface area contributed by atoms with Gasteiger partial charge in [-0.3, -0.25) is 9.59 Å². The number of hydrogen-bond donors (Lipinski definition) is 2. The summed E-state index contributed by atoms with van der Waals surface area (Å²) < 4.78 is 24.8. The fourth-order valence-corrected chi connectivity index (χ4v) is 3.44. The minimum absolute atomic E-state index is 0. The third kappa shape index (κ3) is 5.98. The standard InChI is InChI=1S/C16H23N3O4S.ClH/c1-11-4-5-12(2)13(10-11)15(20)17-7-9-19-8-6-14(16(19)21)18-24(3,22)23;/h4-5,10,14,18H,6-9H2,1-3H3,(H,17,20);1H. The summed E-state index contributed by atoms with van der Waals surface area (Å²) in [6.07, 6.45) is 1.48. The van der Waals surface area contributed by atoms with Gasteiger partial charge in [0.25, 0.3) is 5.91 Å². The number of rotatable bonds is 6. The van der Waals surface area contributed by atoms with Gasteiger partial charge in [0.1, 0.15) is 6.04 Å². The summed E-state index contributed by atoms with van der Waals surface area (Å²) in [5.74, 6) is -0.421. The molecule has 2 amide bonds. The van der Waals surface area contributed by atoms with Gasteiger partial charge in [-0.15, -0.1) is 12.4 Å². The van der Waals surface area contributed by atoms with Crippen molar-refractivity contribution >= 4 is 34.2 Å². The molecule has 2 rings (SSSR count). The van der Waals surface area contributed by atoms with Crippen LogP contribution in [-0.2, 0) is 14.8 Å². The highest BCUT2D eigenvalue weighted by Gasteiger charge is 2.33. The summed E-state index contributed by atoms with van der Waals surface area (Å²) in [6.45, 7) is 4.96. The number of amides is 2. The van der Waals surface area contributed by atoms with Crippen molar-refractivity contribution in [1.29, 1.82) is 0 Å². The molecular weight excluding hydrogens is 366 g/mol. The first-order chi connectivity index (χ1) is 11.2. The van der Waals surface area contributed by atoms with Crippen LogP contribution in [0.5, 0.6) is 0 Å². The Kier molecular flexibility index (Phi) is 7.40. The molecule has 1 unspecified atom stereocenters. The van der Waals surface area contributed by atoms with Crippen LogP contribution < -0.4 is 10.0 Å². The van der Waals surface area contributed by atoms with Crippen LogP contribution in [0.2, 0.25) is 0 Å². The minimum Gasteiger partial charge on any atom is -0.350 e. The second-order valence-corrected chi connectivity index (χ2v) is 7.91. The van der Waals surface area contributed by atoms with E-state index in [1.807, 2.05) is 32.0 Å². The molecule has 7 nitrogen and oxygen atoms in total. The molecule has 140 valence electrons. The normalized spacial score (nSPS) is 17.3. The highest BCUT2D eigenvalue weighted by Crippen LogP contribution is 2.12. The Morgan fingerprint density at radius 1 is 1.32 bits per heavy atom. The van der Waals surface area contributed by atoms with E-state index in [0.717, 1.165) is 17.4 Å². The first-order valence-electron chi connectivity index (χ1n) is 7.79. The molecule has 0 aliphatic carbocycles. The van der Waals surface area contributed by atoms with Crippen LogP contribution in [0.3, 0.4) is 0 Å². The van der Waals surface area contributed by atoms with Crippen LogP contribution in [0, 0.1) is 13.8 Å². The van der Waals surface area contributed by atoms with Crippen LogP contribution in [0.4, 0.5) is 0 Å². The van der Waals surface area contributed by atoms with Crippen molar-refractivity contribution in [3.63, 3.8) is 0 Å². The summed E-state index contributed by atoms with van der Waals surface area (Å²) in [5.41, 5.74) is 2.53. The second kappa shape index (κ2) is 8.64. The number of carbonyl (C=O) groups excluding carboxylic acids is 2. The van der Waals surface area contributed by atoms with E-state index in [0.29, 0.717) is 31.6 Å². The predicted molar refractivity (Wildman–Crippen MR) is 98.5 cm³/mol.